The maximum absolute atomic E-state index is 11.0. The van der Waals surface area contributed by atoms with Gasteiger partial charge in [0.1, 0.15) is 6.61 Å². The molecule has 0 saturated carbocycles. The summed E-state index contributed by atoms with van der Waals surface area (Å²) >= 11 is 0. The van der Waals surface area contributed by atoms with Gasteiger partial charge in [-0.25, -0.2) is 19.2 Å². The molecule has 0 spiro atoms. The number of carboxylic acid groups (broad SMARTS) is 1. The summed E-state index contributed by atoms with van der Waals surface area (Å²) in [6.07, 6.45) is 2.26. The zero-order valence-electron chi connectivity index (χ0n) is 16.6. The molecule has 0 atom stereocenters. The Bertz CT molecular complexity index is 599. The molecular weight excluding hydrogens is 372 g/mol. The number of hydrogen-bond acceptors (Lipinski definition) is 8. The van der Waals surface area contributed by atoms with Gasteiger partial charge in [-0.1, -0.05) is 19.7 Å². The van der Waals surface area contributed by atoms with Gasteiger partial charge < -0.3 is 24.4 Å². The monoisotopic (exact) mass is 400 g/mol. The van der Waals surface area contributed by atoms with Crippen LogP contribution in [0.15, 0.2) is 48.6 Å². The van der Waals surface area contributed by atoms with Crippen LogP contribution in [0.25, 0.3) is 0 Å². The van der Waals surface area contributed by atoms with Crippen molar-refractivity contribution in [2.24, 2.45) is 0 Å². The largest absolute Gasteiger partial charge is 0.478 e. The number of hydrogen-bond donors (Lipinski definition) is 2. The fourth-order valence-corrected chi connectivity index (χ4v) is 0.988. The predicted octanol–water partition coefficient (Wildman–Crippen LogP) is 1.58. The van der Waals surface area contributed by atoms with Crippen LogP contribution in [-0.4, -0.2) is 61.0 Å². The van der Waals surface area contributed by atoms with Gasteiger partial charge in [0.2, 0.25) is 0 Å². The smallest absolute Gasteiger partial charge is 0.337 e. The Hall–Kier alpha value is -3.20. The molecule has 9 heteroatoms. The third kappa shape index (κ3) is 19.1. The fraction of sp³-hybridized carbons (Fsp3) is 0.368. The van der Waals surface area contributed by atoms with E-state index in [0.29, 0.717) is 12.2 Å². The third-order valence-corrected chi connectivity index (χ3v) is 2.30. The summed E-state index contributed by atoms with van der Waals surface area (Å²) in [5.41, 5.74) is 0.372. The normalized spacial score (nSPS) is 9.25. The number of carbonyl (C=O) groups excluding carboxylic acids is 3. The molecule has 28 heavy (non-hydrogen) atoms. The Morgan fingerprint density at radius 3 is 1.82 bits per heavy atom. The Labute approximate surface area is 164 Å². The Balaban J connectivity index is -0.000000375. The number of carbonyl (C=O) groups is 4. The van der Waals surface area contributed by atoms with Crippen molar-refractivity contribution in [1.29, 1.82) is 0 Å². The summed E-state index contributed by atoms with van der Waals surface area (Å²) in [7, 11) is 1.33. The number of aliphatic hydroxyl groups excluding tert-OH is 1. The first-order chi connectivity index (χ1) is 13.0. The van der Waals surface area contributed by atoms with Crippen molar-refractivity contribution >= 4 is 23.9 Å². The van der Waals surface area contributed by atoms with Gasteiger partial charge in [-0.15, -0.1) is 0 Å². The van der Waals surface area contributed by atoms with Crippen molar-refractivity contribution in [3.63, 3.8) is 0 Å². The number of rotatable bonds is 8. The molecule has 0 bridgehead atoms. The summed E-state index contributed by atoms with van der Waals surface area (Å²) in [6.45, 7) is 14.6. The van der Waals surface area contributed by atoms with E-state index in [9.17, 15) is 19.2 Å². The molecule has 0 rings (SSSR count). The number of methoxy groups -OCH3 is 1. The van der Waals surface area contributed by atoms with Gasteiger partial charge in [0, 0.05) is 17.2 Å². The van der Waals surface area contributed by atoms with Crippen LogP contribution in [0, 0.1) is 0 Å². The van der Waals surface area contributed by atoms with E-state index in [1.807, 2.05) is 0 Å². The van der Waals surface area contributed by atoms with Gasteiger partial charge in [-0.2, -0.15) is 0 Å². The highest BCUT2D eigenvalue weighted by Gasteiger charge is 2.08. The second-order valence-electron chi connectivity index (χ2n) is 4.75. The number of esters is 3. The molecule has 0 heterocycles. The molecule has 0 aliphatic rings. The first kappa shape index (κ1) is 29.6. The molecule has 0 aromatic rings. The third-order valence-electron chi connectivity index (χ3n) is 2.30. The highest BCUT2D eigenvalue weighted by Crippen LogP contribution is 2.02. The summed E-state index contributed by atoms with van der Waals surface area (Å²) in [5.74, 6) is -2.57. The second-order valence-corrected chi connectivity index (χ2v) is 4.75. The molecule has 0 saturated heterocycles. The van der Waals surface area contributed by atoms with Crippen molar-refractivity contribution in [3.05, 3.63) is 48.6 Å². The van der Waals surface area contributed by atoms with Gasteiger partial charge in [-0.05, 0) is 26.8 Å². The topological polar surface area (TPSA) is 136 Å². The first-order valence-corrected chi connectivity index (χ1v) is 7.89. The lowest BCUT2D eigenvalue weighted by molar-refractivity contribution is -0.139. The van der Waals surface area contributed by atoms with E-state index >= 15 is 0 Å². The van der Waals surface area contributed by atoms with Crippen molar-refractivity contribution in [2.75, 3.05) is 26.9 Å². The number of aliphatic hydroxyl groups is 1. The molecule has 0 amide bonds. The Kier molecular flexibility index (Phi) is 19.6. The molecular formula is C19H28O9. The zero-order chi connectivity index (χ0) is 22.7. The summed E-state index contributed by atoms with van der Waals surface area (Å²) in [5, 5.41) is 16.8. The van der Waals surface area contributed by atoms with Gasteiger partial charge in [0.25, 0.3) is 0 Å². The standard InChI is InChI=1S/C9H12O5.2C5H8O2/c1-6(8(11)12)5-7(2)9(13)14-4-3-10;1-4(2)5(6)7-3;1-3-5(6)7-4-2/h5,10H,2-4H2,1H3,(H,11,12);1H2,2-3H3;3H,1,4H2,2H3. The Morgan fingerprint density at radius 1 is 1.04 bits per heavy atom. The van der Waals surface area contributed by atoms with Crippen LogP contribution < -0.4 is 0 Å². The summed E-state index contributed by atoms with van der Waals surface area (Å²) in [6, 6.07) is 0. The van der Waals surface area contributed by atoms with Crippen LogP contribution in [0.5, 0.6) is 0 Å². The minimum atomic E-state index is -1.12. The molecule has 0 aliphatic carbocycles. The molecule has 0 radical (unpaired) electrons. The van der Waals surface area contributed by atoms with Crippen LogP contribution >= 0.6 is 0 Å². The maximum atomic E-state index is 11.0. The van der Waals surface area contributed by atoms with Crippen LogP contribution in [0.4, 0.5) is 0 Å². The molecule has 0 aliphatic heterocycles. The lowest BCUT2D eigenvalue weighted by Crippen LogP contribution is -2.10. The molecule has 9 nitrogen and oxygen atoms in total. The zero-order valence-corrected chi connectivity index (χ0v) is 16.6. The minimum Gasteiger partial charge on any atom is -0.478 e. The Morgan fingerprint density at radius 2 is 1.57 bits per heavy atom. The number of aliphatic carboxylic acids is 1. The van der Waals surface area contributed by atoms with Crippen LogP contribution in [0.3, 0.4) is 0 Å². The van der Waals surface area contributed by atoms with Gasteiger partial charge in [-0.3, -0.25) is 0 Å². The van der Waals surface area contributed by atoms with Gasteiger partial charge in [0.05, 0.1) is 25.9 Å². The molecule has 158 valence electrons. The second kappa shape index (κ2) is 18.6. The lowest BCUT2D eigenvalue weighted by atomic mass is 10.2. The van der Waals surface area contributed by atoms with Crippen molar-refractivity contribution in [1.82, 2.24) is 0 Å². The lowest BCUT2D eigenvalue weighted by Gasteiger charge is -2.02. The quantitative estimate of drug-likeness (QED) is 0.269. The van der Waals surface area contributed by atoms with Crippen molar-refractivity contribution in [2.45, 2.75) is 20.8 Å². The highest BCUT2D eigenvalue weighted by atomic mass is 16.5. The van der Waals surface area contributed by atoms with Gasteiger partial charge >= 0.3 is 23.9 Å². The van der Waals surface area contributed by atoms with E-state index in [2.05, 4.69) is 33.9 Å². The van der Waals surface area contributed by atoms with Crippen LogP contribution in [0.2, 0.25) is 0 Å². The number of carboxylic acids is 1. The predicted molar refractivity (Wildman–Crippen MR) is 102 cm³/mol. The van der Waals surface area contributed by atoms with E-state index < -0.39 is 11.9 Å². The van der Waals surface area contributed by atoms with Crippen LogP contribution in [0.1, 0.15) is 20.8 Å². The number of ether oxygens (including phenoxy) is 3. The molecule has 0 fully saturated rings. The first-order valence-electron chi connectivity index (χ1n) is 7.89. The van der Waals surface area contributed by atoms with Gasteiger partial charge in [0.15, 0.2) is 0 Å². The summed E-state index contributed by atoms with van der Waals surface area (Å²) in [4.78, 5) is 41.6. The highest BCUT2D eigenvalue weighted by molar-refractivity contribution is 5.94. The van der Waals surface area contributed by atoms with E-state index in [-0.39, 0.29) is 36.3 Å². The average Bonchev–Trinajstić information content (AvgIpc) is 2.65. The molecule has 0 aromatic carbocycles. The van der Waals surface area contributed by atoms with Crippen LogP contribution in [-0.2, 0) is 33.4 Å². The van der Waals surface area contributed by atoms with E-state index in [0.717, 1.165) is 12.2 Å². The maximum Gasteiger partial charge on any atom is 0.337 e. The van der Waals surface area contributed by atoms with E-state index in [1.165, 1.54) is 14.0 Å². The van der Waals surface area contributed by atoms with E-state index in [4.69, 9.17) is 10.2 Å². The van der Waals surface area contributed by atoms with Crippen molar-refractivity contribution < 1.29 is 43.6 Å². The molecule has 2 N–H and O–H groups in total. The van der Waals surface area contributed by atoms with Crippen molar-refractivity contribution in [3.8, 4) is 0 Å². The fourth-order valence-electron chi connectivity index (χ4n) is 0.988. The average molecular weight is 400 g/mol. The summed E-state index contributed by atoms with van der Waals surface area (Å²) < 4.78 is 13.2. The SMILES string of the molecule is C=C(C)C(=O)OC.C=C(C=C(C)C(=O)O)C(=O)OCCO.C=CC(=O)OCC. The molecule has 0 unspecified atom stereocenters. The molecule has 0 aromatic heterocycles. The van der Waals surface area contributed by atoms with E-state index in [1.54, 1.807) is 13.8 Å². The minimum absolute atomic E-state index is 0.00375.